The van der Waals surface area contributed by atoms with Crippen molar-refractivity contribution in [3.63, 3.8) is 0 Å². The molecule has 2 rings (SSSR count). The van der Waals surface area contributed by atoms with Crippen LogP contribution in [0.1, 0.15) is 65.2 Å². The first kappa shape index (κ1) is 20.9. The predicted molar refractivity (Wildman–Crippen MR) is 93.1 cm³/mol. The normalized spacial score (nSPS) is 29.8. The van der Waals surface area contributed by atoms with Crippen molar-refractivity contribution < 1.29 is 19.1 Å². The Hall–Kier alpha value is -1.14. The second-order valence-electron chi connectivity index (χ2n) is 6.73. The summed E-state index contributed by atoms with van der Waals surface area (Å²) in [5.41, 5.74) is 11.4. The Morgan fingerprint density at radius 2 is 1.00 bits per heavy atom. The zero-order chi connectivity index (χ0) is 17.9. The molecule has 0 radical (unpaired) electrons. The Morgan fingerprint density at radius 3 is 1.25 bits per heavy atom. The molecule has 6 heteroatoms. The predicted octanol–water partition coefficient (Wildman–Crippen LogP) is 2.13. The summed E-state index contributed by atoms with van der Waals surface area (Å²) in [6, 6.07) is 0.603. The third-order valence-electron chi connectivity index (χ3n) is 4.78. The number of ether oxygens (including phenoxy) is 2. The summed E-state index contributed by atoms with van der Waals surface area (Å²) in [5.74, 6) is 0.156. The van der Waals surface area contributed by atoms with Crippen LogP contribution in [0.15, 0.2) is 0 Å². The first-order valence-electron chi connectivity index (χ1n) is 9.32. The Kier molecular flexibility index (Phi) is 9.95. The van der Waals surface area contributed by atoms with Crippen LogP contribution < -0.4 is 11.5 Å². The van der Waals surface area contributed by atoms with E-state index in [9.17, 15) is 9.59 Å². The molecule has 0 bridgehead atoms. The zero-order valence-electron chi connectivity index (χ0n) is 15.2. The Bertz CT molecular complexity index is 337. The van der Waals surface area contributed by atoms with Crippen molar-refractivity contribution in [2.24, 2.45) is 23.3 Å². The van der Waals surface area contributed by atoms with Crippen LogP contribution in [0.3, 0.4) is 0 Å². The minimum atomic E-state index is -0.0376. The van der Waals surface area contributed by atoms with Crippen molar-refractivity contribution >= 4 is 11.9 Å². The van der Waals surface area contributed by atoms with Gasteiger partial charge in [0.15, 0.2) is 0 Å². The van der Waals surface area contributed by atoms with E-state index in [1.165, 1.54) is 0 Å². The molecule has 0 aromatic heterocycles. The van der Waals surface area contributed by atoms with Crippen molar-refractivity contribution in [1.29, 1.82) is 0 Å². The van der Waals surface area contributed by atoms with Crippen molar-refractivity contribution in [3.8, 4) is 0 Å². The fraction of sp³-hybridized carbons (Fsp3) is 0.889. The van der Waals surface area contributed by atoms with E-state index in [0.717, 1.165) is 51.4 Å². The molecule has 2 fully saturated rings. The van der Waals surface area contributed by atoms with Crippen LogP contribution in [0.4, 0.5) is 0 Å². The quantitative estimate of drug-likeness (QED) is 0.758. The molecule has 0 saturated heterocycles. The summed E-state index contributed by atoms with van der Waals surface area (Å²) in [5, 5.41) is 0. The monoisotopic (exact) mass is 342 g/mol. The van der Waals surface area contributed by atoms with Crippen LogP contribution in [-0.4, -0.2) is 37.2 Å². The Morgan fingerprint density at radius 1 is 0.708 bits per heavy atom. The van der Waals surface area contributed by atoms with Crippen LogP contribution in [0.2, 0.25) is 0 Å². The smallest absolute Gasteiger partial charge is 0.308 e. The summed E-state index contributed by atoms with van der Waals surface area (Å²) in [6.45, 7) is 4.65. The zero-order valence-corrected chi connectivity index (χ0v) is 15.2. The average molecular weight is 342 g/mol. The molecule has 0 atom stereocenters. The molecule has 0 unspecified atom stereocenters. The van der Waals surface area contributed by atoms with Gasteiger partial charge in [-0.1, -0.05) is 0 Å². The fourth-order valence-electron chi connectivity index (χ4n) is 3.23. The highest BCUT2D eigenvalue weighted by molar-refractivity contribution is 5.72. The van der Waals surface area contributed by atoms with E-state index in [0.29, 0.717) is 25.3 Å². The van der Waals surface area contributed by atoms with E-state index in [1.807, 2.05) is 13.8 Å². The van der Waals surface area contributed by atoms with Crippen molar-refractivity contribution in [2.45, 2.75) is 77.3 Å². The minimum absolute atomic E-state index is 0.0376. The Labute approximate surface area is 145 Å². The first-order valence-corrected chi connectivity index (χ1v) is 9.32. The summed E-state index contributed by atoms with van der Waals surface area (Å²) in [6.07, 6.45) is 7.46. The lowest BCUT2D eigenvalue weighted by molar-refractivity contribution is -0.150. The topological polar surface area (TPSA) is 105 Å². The summed E-state index contributed by atoms with van der Waals surface area (Å²) in [7, 11) is 0. The third kappa shape index (κ3) is 7.62. The van der Waals surface area contributed by atoms with Crippen molar-refractivity contribution in [3.05, 3.63) is 0 Å². The maximum Gasteiger partial charge on any atom is 0.308 e. The highest BCUT2D eigenvalue weighted by Gasteiger charge is 2.26. The van der Waals surface area contributed by atoms with Crippen LogP contribution in [0.25, 0.3) is 0 Å². The van der Waals surface area contributed by atoms with Crippen molar-refractivity contribution in [2.75, 3.05) is 13.2 Å². The van der Waals surface area contributed by atoms with E-state index >= 15 is 0 Å². The summed E-state index contributed by atoms with van der Waals surface area (Å²) >= 11 is 0. The summed E-state index contributed by atoms with van der Waals surface area (Å²) in [4.78, 5) is 22.5. The molecule has 2 aliphatic rings. The van der Waals surface area contributed by atoms with Gasteiger partial charge < -0.3 is 20.9 Å². The first-order chi connectivity index (χ1) is 11.5. The van der Waals surface area contributed by atoms with Crippen LogP contribution in [-0.2, 0) is 19.1 Å². The number of hydrogen-bond donors (Lipinski definition) is 2. The van der Waals surface area contributed by atoms with E-state index in [4.69, 9.17) is 20.9 Å². The SMILES string of the molecule is CCOC(=O)C1CCC(N)CC1.CCOC(=O)C1CCC(N)CC1. The van der Waals surface area contributed by atoms with Gasteiger partial charge in [0.05, 0.1) is 25.0 Å². The van der Waals surface area contributed by atoms with Crippen molar-refractivity contribution in [1.82, 2.24) is 0 Å². The lowest BCUT2D eigenvalue weighted by atomic mass is 9.86. The Balaban J connectivity index is 0.000000240. The lowest BCUT2D eigenvalue weighted by Gasteiger charge is -2.24. The lowest BCUT2D eigenvalue weighted by Crippen LogP contribution is -2.30. The van der Waals surface area contributed by atoms with Gasteiger partial charge in [-0.25, -0.2) is 0 Å². The van der Waals surface area contributed by atoms with E-state index in [2.05, 4.69) is 0 Å². The minimum Gasteiger partial charge on any atom is -0.466 e. The molecule has 0 aromatic rings. The highest BCUT2D eigenvalue weighted by Crippen LogP contribution is 2.24. The molecule has 6 nitrogen and oxygen atoms in total. The van der Waals surface area contributed by atoms with Crippen LogP contribution >= 0.6 is 0 Å². The molecule has 2 aliphatic carbocycles. The van der Waals surface area contributed by atoms with Gasteiger partial charge in [0, 0.05) is 12.1 Å². The molecule has 0 spiro atoms. The number of carbonyl (C=O) groups excluding carboxylic acids is 2. The molecule has 2 saturated carbocycles. The van der Waals surface area contributed by atoms with Gasteiger partial charge in [-0.05, 0) is 65.2 Å². The molecule has 140 valence electrons. The molecular formula is C18H34N2O4. The number of nitrogens with two attached hydrogens (primary N) is 2. The molecule has 4 N–H and O–H groups in total. The maximum atomic E-state index is 11.2. The van der Waals surface area contributed by atoms with Gasteiger partial charge in [-0.15, -0.1) is 0 Å². The maximum absolute atomic E-state index is 11.2. The second-order valence-corrected chi connectivity index (χ2v) is 6.73. The van der Waals surface area contributed by atoms with Gasteiger partial charge in [0.25, 0.3) is 0 Å². The number of rotatable bonds is 4. The van der Waals surface area contributed by atoms with Gasteiger partial charge >= 0.3 is 11.9 Å². The number of esters is 2. The molecule has 0 aliphatic heterocycles. The standard InChI is InChI=1S/2C9H17NO2/c2*1-2-12-9(11)7-3-5-8(10)6-4-7/h2*7-8H,2-6,10H2,1H3. The third-order valence-corrected chi connectivity index (χ3v) is 4.78. The van der Waals surface area contributed by atoms with E-state index in [-0.39, 0.29) is 23.8 Å². The second kappa shape index (κ2) is 11.4. The van der Waals surface area contributed by atoms with E-state index in [1.54, 1.807) is 0 Å². The van der Waals surface area contributed by atoms with Gasteiger partial charge in [0.1, 0.15) is 0 Å². The van der Waals surface area contributed by atoms with Gasteiger partial charge in [-0.2, -0.15) is 0 Å². The van der Waals surface area contributed by atoms with Gasteiger partial charge in [-0.3, -0.25) is 9.59 Å². The molecule has 0 amide bonds. The largest absolute Gasteiger partial charge is 0.466 e. The van der Waals surface area contributed by atoms with Gasteiger partial charge in [0.2, 0.25) is 0 Å². The van der Waals surface area contributed by atoms with E-state index < -0.39 is 0 Å². The van der Waals surface area contributed by atoms with Crippen LogP contribution in [0.5, 0.6) is 0 Å². The molecular weight excluding hydrogens is 308 g/mol. The number of carbonyl (C=O) groups is 2. The van der Waals surface area contributed by atoms with Crippen LogP contribution in [0, 0.1) is 11.8 Å². The average Bonchev–Trinajstić information content (AvgIpc) is 2.57. The molecule has 0 heterocycles. The molecule has 24 heavy (non-hydrogen) atoms. The number of hydrogen-bond acceptors (Lipinski definition) is 6. The highest BCUT2D eigenvalue weighted by atomic mass is 16.5. The fourth-order valence-corrected chi connectivity index (χ4v) is 3.23. The summed E-state index contributed by atoms with van der Waals surface area (Å²) < 4.78 is 9.87. The molecule has 0 aromatic carbocycles.